The molecule has 7 nitrogen and oxygen atoms in total. The standard InChI is InChI=1S/C18H17FN2O5/c19-13-6-8-14(9-7-13)21-16(22)10-20-17(23)11-26-18(24)12-25-15-4-2-1-3-5-15/h1-9H,10-12H2,(H,20,23)(H,21,22). The molecule has 0 aliphatic rings. The van der Waals surface area contributed by atoms with E-state index >= 15 is 0 Å². The van der Waals surface area contributed by atoms with Gasteiger partial charge in [-0.05, 0) is 36.4 Å². The quantitative estimate of drug-likeness (QED) is 0.696. The minimum Gasteiger partial charge on any atom is -0.482 e. The molecule has 0 radical (unpaired) electrons. The van der Waals surface area contributed by atoms with Gasteiger partial charge in [0.25, 0.3) is 5.91 Å². The van der Waals surface area contributed by atoms with Gasteiger partial charge < -0.3 is 20.1 Å². The number of nitrogens with one attached hydrogen (secondary N) is 2. The van der Waals surface area contributed by atoms with E-state index in [1.807, 2.05) is 6.07 Å². The van der Waals surface area contributed by atoms with E-state index in [-0.39, 0.29) is 13.2 Å². The van der Waals surface area contributed by atoms with Crippen LogP contribution in [0.3, 0.4) is 0 Å². The highest BCUT2D eigenvalue weighted by Gasteiger charge is 2.10. The minimum absolute atomic E-state index is 0.311. The van der Waals surface area contributed by atoms with Gasteiger partial charge in [0.2, 0.25) is 5.91 Å². The second kappa shape index (κ2) is 9.77. The first-order chi connectivity index (χ1) is 12.5. The molecule has 0 bridgehead atoms. The third-order valence-corrected chi connectivity index (χ3v) is 3.04. The summed E-state index contributed by atoms with van der Waals surface area (Å²) in [6.45, 7) is -1.17. The molecule has 0 aromatic heterocycles. The number of halogens is 1. The third-order valence-electron chi connectivity index (χ3n) is 3.04. The molecule has 8 heteroatoms. The zero-order chi connectivity index (χ0) is 18.8. The fourth-order valence-corrected chi connectivity index (χ4v) is 1.81. The Balaban J connectivity index is 1.61. The Hall–Kier alpha value is -3.42. The number of amides is 2. The lowest BCUT2D eigenvalue weighted by Gasteiger charge is -2.08. The van der Waals surface area contributed by atoms with Crippen LogP contribution in [-0.2, 0) is 19.1 Å². The van der Waals surface area contributed by atoms with Gasteiger partial charge in [-0.3, -0.25) is 9.59 Å². The molecule has 0 aliphatic heterocycles. The molecule has 0 fully saturated rings. The lowest BCUT2D eigenvalue weighted by atomic mass is 10.3. The van der Waals surface area contributed by atoms with E-state index in [1.54, 1.807) is 24.3 Å². The number of anilines is 1. The second-order valence-electron chi connectivity index (χ2n) is 5.09. The van der Waals surface area contributed by atoms with Crippen molar-refractivity contribution in [1.29, 1.82) is 0 Å². The monoisotopic (exact) mass is 360 g/mol. The first-order valence-corrected chi connectivity index (χ1v) is 7.68. The minimum atomic E-state index is -0.709. The molecule has 2 aromatic carbocycles. The average Bonchev–Trinajstić information content (AvgIpc) is 2.65. The van der Waals surface area contributed by atoms with Crippen molar-refractivity contribution >= 4 is 23.5 Å². The van der Waals surface area contributed by atoms with Gasteiger partial charge in [0, 0.05) is 5.69 Å². The summed E-state index contributed by atoms with van der Waals surface area (Å²) >= 11 is 0. The van der Waals surface area contributed by atoms with E-state index < -0.39 is 30.2 Å². The zero-order valence-electron chi connectivity index (χ0n) is 13.7. The smallest absolute Gasteiger partial charge is 0.344 e. The molecule has 2 amide bonds. The first-order valence-electron chi connectivity index (χ1n) is 7.68. The molecule has 0 aliphatic carbocycles. The van der Waals surface area contributed by atoms with Gasteiger partial charge in [-0.2, -0.15) is 0 Å². The lowest BCUT2D eigenvalue weighted by Crippen LogP contribution is -2.36. The van der Waals surface area contributed by atoms with Crippen molar-refractivity contribution in [1.82, 2.24) is 5.32 Å². The number of hydrogen-bond donors (Lipinski definition) is 2. The molecule has 2 rings (SSSR count). The molecule has 0 heterocycles. The van der Waals surface area contributed by atoms with Crippen LogP contribution in [0.2, 0.25) is 0 Å². The predicted molar refractivity (Wildman–Crippen MR) is 90.9 cm³/mol. The molecule has 0 spiro atoms. The molecule has 2 N–H and O–H groups in total. The Bertz CT molecular complexity index is 750. The van der Waals surface area contributed by atoms with Gasteiger partial charge in [-0.1, -0.05) is 18.2 Å². The van der Waals surface area contributed by atoms with Crippen LogP contribution in [0.1, 0.15) is 0 Å². The van der Waals surface area contributed by atoms with Gasteiger partial charge in [-0.25, -0.2) is 9.18 Å². The van der Waals surface area contributed by atoms with Crippen LogP contribution in [0.15, 0.2) is 54.6 Å². The summed E-state index contributed by atoms with van der Waals surface area (Å²) in [4.78, 5) is 34.7. The molecule has 2 aromatic rings. The molecule has 0 saturated carbocycles. The van der Waals surface area contributed by atoms with Crippen LogP contribution in [0.5, 0.6) is 5.75 Å². The van der Waals surface area contributed by atoms with Crippen LogP contribution >= 0.6 is 0 Å². The molecular weight excluding hydrogens is 343 g/mol. The van der Waals surface area contributed by atoms with Crippen molar-refractivity contribution in [3.63, 3.8) is 0 Å². The summed E-state index contributed by atoms with van der Waals surface area (Å²) in [6, 6.07) is 13.9. The number of rotatable bonds is 8. The van der Waals surface area contributed by atoms with Crippen molar-refractivity contribution in [2.24, 2.45) is 0 Å². The number of hydrogen-bond acceptors (Lipinski definition) is 5. The van der Waals surface area contributed by atoms with Crippen molar-refractivity contribution in [2.45, 2.75) is 0 Å². The number of benzene rings is 2. The Morgan fingerprint density at radius 2 is 1.58 bits per heavy atom. The van der Waals surface area contributed by atoms with E-state index in [2.05, 4.69) is 10.6 Å². The number of ether oxygens (including phenoxy) is 2. The number of carbonyl (C=O) groups excluding carboxylic acids is 3. The molecule has 26 heavy (non-hydrogen) atoms. The number of para-hydroxylation sites is 1. The van der Waals surface area contributed by atoms with Crippen molar-refractivity contribution in [3.8, 4) is 5.75 Å². The molecular formula is C18H17FN2O5. The SMILES string of the molecule is O=C(COC(=O)COc1ccccc1)NCC(=O)Nc1ccc(F)cc1. The maximum Gasteiger partial charge on any atom is 0.344 e. The topological polar surface area (TPSA) is 93.7 Å². The van der Waals surface area contributed by atoms with E-state index in [0.29, 0.717) is 11.4 Å². The Morgan fingerprint density at radius 1 is 0.885 bits per heavy atom. The molecule has 136 valence electrons. The maximum atomic E-state index is 12.8. The zero-order valence-corrected chi connectivity index (χ0v) is 13.7. The average molecular weight is 360 g/mol. The summed E-state index contributed by atoms with van der Waals surface area (Å²) in [7, 11) is 0. The fourth-order valence-electron chi connectivity index (χ4n) is 1.81. The summed E-state index contributed by atoms with van der Waals surface area (Å²) in [5, 5.41) is 4.78. The third kappa shape index (κ3) is 7.00. The van der Waals surface area contributed by atoms with Gasteiger partial charge in [0.15, 0.2) is 13.2 Å². The summed E-state index contributed by atoms with van der Waals surface area (Å²) in [6.07, 6.45) is 0. The van der Waals surface area contributed by atoms with Gasteiger partial charge in [0.1, 0.15) is 11.6 Å². The van der Waals surface area contributed by atoms with E-state index in [0.717, 1.165) is 0 Å². The molecule has 0 saturated heterocycles. The molecule has 0 unspecified atom stereocenters. The Labute approximate surface area is 149 Å². The second-order valence-corrected chi connectivity index (χ2v) is 5.09. The summed E-state index contributed by atoms with van der Waals surface area (Å²) in [5.74, 6) is -1.75. The number of carbonyl (C=O) groups is 3. The van der Waals surface area contributed by atoms with E-state index in [4.69, 9.17) is 9.47 Å². The first kappa shape index (κ1) is 18.9. The number of esters is 1. The van der Waals surface area contributed by atoms with Crippen LogP contribution in [0, 0.1) is 5.82 Å². The summed E-state index contributed by atoms with van der Waals surface area (Å²) < 4.78 is 22.7. The normalized spacial score (nSPS) is 9.88. The maximum absolute atomic E-state index is 12.8. The lowest BCUT2D eigenvalue weighted by molar-refractivity contribution is -0.150. The molecule has 0 atom stereocenters. The highest BCUT2D eigenvalue weighted by atomic mass is 19.1. The fraction of sp³-hybridized carbons (Fsp3) is 0.167. The predicted octanol–water partition coefficient (Wildman–Crippen LogP) is 1.50. The largest absolute Gasteiger partial charge is 0.482 e. The van der Waals surface area contributed by atoms with E-state index in [1.165, 1.54) is 24.3 Å². The van der Waals surface area contributed by atoms with Crippen LogP contribution in [0.25, 0.3) is 0 Å². The van der Waals surface area contributed by atoms with E-state index in [9.17, 15) is 18.8 Å². The van der Waals surface area contributed by atoms with Gasteiger partial charge in [0.05, 0.1) is 6.54 Å². The van der Waals surface area contributed by atoms with Crippen LogP contribution in [0.4, 0.5) is 10.1 Å². The van der Waals surface area contributed by atoms with Crippen LogP contribution in [-0.4, -0.2) is 37.5 Å². The summed E-state index contributed by atoms with van der Waals surface area (Å²) in [5.41, 5.74) is 0.398. The van der Waals surface area contributed by atoms with Gasteiger partial charge in [-0.15, -0.1) is 0 Å². The van der Waals surface area contributed by atoms with Crippen molar-refractivity contribution in [2.75, 3.05) is 25.1 Å². The Morgan fingerprint density at radius 3 is 2.27 bits per heavy atom. The van der Waals surface area contributed by atoms with Crippen LogP contribution < -0.4 is 15.4 Å². The van der Waals surface area contributed by atoms with Crippen molar-refractivity contribution in [3.05, 3.63) is 60.4 Å². The van der Waals surface area contributed by atoms with Gasteiger partial charge >= 0.3 is 5.97 Å². The van der Waals surface area contributed by atoms with Crippen molar-refractivity contribution < 1.29 is 28.2 Å². The Kier molecular flexibility index (Phi) is 7.11. The highest BCUT2D eigenvalue weighted by molar-refractivity contribution is 5.94. The highest BCUT2D eigenvalue weighted by Crippen LogP contribution is 2.08.